The number of allylic oxidation sites excluding steroid dienone is 2. The van der Waals surface area contributed by atoms with Crippen molar-refractivity contribution in [3.63, 3.8) is 0 Å². The molecule has 4 heteroatoms. The molecule has 0 saturated carbocycles. The highest BCUT2D eigenvalue weighted by molar-refractivity contribution is 5.72. The summed E-state index contributed by atoms with van der Waals surface area (Å²) in [4.78, 5) is 33.0. The molecule has 0 aromatic heterocycles. The lowest BCUT2D eigenvalue weighted by molar-refractivity contribution is -0.259. The quantitative estimate of drug-likeness (QED) is 0.0363. The zero-order valence-corrected chi connectivity index (χ0v) is 27.0. The third kappa shape index (κ3) is 32.9. The van der Waals surface area contributed by atoms with E-state index in [-0.39, 0.29) is 0 Å². The van der Waals surface area contributed by atoms with Crippen LogP contribution in [0.15, 0.2) is 12.2 Å². The lowest BCUT2D eigenvalue weighted by Gasteiger charge is -2.04. The van der Waals surface area contributed by atoms with E-state index in [1.165, 1.54) is 141 Å². The Morgan fingerprint density at radius 1 is 0.375 bits per heavy atom. The monoisotopic (exact) mass is 565 g/mol. The van der Waals surface area contributed by atoms with Crippen molar-refractivity contribution in [1.29, 1.82) is 0 Å². The van der Waals surface area contributed by atoms with Crippen LogP contribution in [-0.2, 0) is 19.4 Å². The summed E-state index contributed by atoms with van der Waals surface area (Å²) in [5.74, 6) is -0.852. The van der Waals surface area contributed by atoms with E-state index in [4.69, 9.17) is 9.78 Å². The number of hydrogen-bond acceptors (Lipinski definition) is 4. The van der Waals surface area contributed by atoms with Crippen molar-refractivity contribution in [2.24, 2.45) is 0 Å². The maximum atomic E-state index is 11.8. The molecular formula is C36H68O4. The fourth-order valence-corrected chi connectivity index (χ4v) is 5.16. The van der Waals surface area contributed by atoms with E-state index in [2.05, 4.69) is 26.0 Å². The van der Waals surface area contributed by atoms with Crippen LogP contribution in [0, 0.1) is 0 Å². The van der Waals surface area contributed by atoms with Crippen molar-refractivity contribution in [2.45, 2.75) is 206 Å². The van der Waals surface area contributed by atoms with E-state index in [0.717, 1.165) is 38.5 Å². The highest BCUT2D eigenvalue weighted by Gasteiger charge is 2.09. The Morgan fingerprint density at radius 3 is 0.925 bits per heavy atom. The van der Waals surface area contributed by atoms with E-state index < -0.39 is 11.9 Å². The van der Waals surface area contributed by atoms with Crippen molar-refractivity contribution < 1.29 is 19.4 Å². The average molecular weight is 565 g/mol. The van der Waals surface area contributed by atoms with E-state index in [0.29, 0.717) is 12.8 Å². The Kier molecular flexibility index (Phi) is 32.8. The molecule has 0 aromatic carbocycles. The van der Waals surface area contributed by atoms with Gasteiger partial charge in [0.25, 0.3) is 0 Å². The lowest BCUT2D eigenvalue weighted by atomic mass is 10.0. The standard InChI is InChI=1S/C36H68O4/c1-3-5-7-9-11-13-15-17-19-21-23-25-27-29-31-33-35(37)39-40-36(38)34-32-30-28-26-24-22-20-18-16-14-12-10-8-6-4-2/h17,19H,3-16,18,20-34H2,1-2H3/b19-17-. The third-order valence-corrected chi connectivity index (χ3v) is 7.85. The number of carbonyl (C=O) groups is 2. The third-order valence-electron chi connectivity index (χ3n) is 7.85. The molecular weight excluding hydrogens is 496 g/mol. The van der Waals surface area contributed by atoms with Crippen LogP contribution < -0.4 is 0 Å². The summed E-state index contributed by atoms with van der Waals surface area (Å²) in [6.45, 7) is 4.53. The van der Waals surface area contributed by atoms with Gasteiger partial charge >= 0.3 is 11.9 Å². The Hall–Kier alpha value is -1.32. The van der Waals surface area contributed by atoms with Crippen LogP contribution in [0.25, 0.3) is 0 Å². The minimum Gasteiger partial charge on any atom is -0.247 e. The molecule has 0 spiro atoms. The van der Waals surface area contributed by atoms with Gasteiger partial charge in [0.15, 0.2) is 0 Å². The van der Waals surface area contributed by atoms with Gasteiger partial charge in [0.2, 0.25) is 0 Å². The van der Waals surface area contributed by atoms with Gasteiger partial charge in [-0.25, -0.2) is 19.4 Å². The van der Waals surface area contributed by atoms with Gasteiger partial charge in [0.05, 0.1) is 12.8 Å². The molecule has 0 saturated heterocycles. The molecule has 0 aliphatic rings. The zero-order chi connectivity index (χ0) is 29.2. The predicted molar refractivity (Wildman–Crippen MR) is 171 cm³/mol. The molecule has 0 amide bonds. The molecule has 0 rings (SSSR count). The molecule has 0 aliphatic carbocycles. The van der Waals surface area contributed by atoms with Crippen LogP contribution in [-0.4, -0.2) is 11.9 Å². The molecule has 236 valence electrons. The smallest absolute Gasteiger partial charge is 0.247 e. The summed E-state index contributed by atoms with van der Waals surface area (Å²) >= 11 is 0. The molecule has 0 fully saturated rings. The zero-order valence-electron chi connectivity index (χ0n) is 27.0. The van der Waals surface area contributed by atoms with E-state index in [1.807, 2.05) is 0 Å². The van der Waals surface area contributed by atoms with Gasteiger partial charge in [0.1, 0.15) is 0 Å². The first kappa shape index (κ1) is 38.7. The second-order valence-corrected chi connectivity index (χ2v) is 11.9. The second kappa shape index (κ2) is 33.9. The summed E-state index contributed by atoms with van der Waals surface area (Å²) in [5.41, 5.74) is 0. The summed E-state index contributed by atoms with van der Waals surface area (Å²) in [6.07, 6.45) is 40.7. The van der Waals surface area contributed by atoms with Crippen LogP contribution in [0.2, 0.25) is 0 Å². The molecule has 0 unspecified atom stereocenters. The van der Waals surface area contributed by atoms with Crippen molar-refractivity contribution in [1.82, 2.24) is 0 Å². The van der Waals surface area contributed by atoms with Gasteiger partial charge in [-0.1, -0.05) is 167 Å². The molecule has 0 aliphatic heterocycles. The SMILES string of the molecule is CCCCCCCC/C=C\CCCCCCCC(=O)OOC(=O)CCCCCCCCCCCCCCCCC. The first-order valence-corrected chi connectivity index (χ1v) is 17.8. The van der Waals surface area contributed by atoms with Crippen LogP contribution in [0.5, 0.6) is 0 Å². The summed E-state index contributed by atoms with van der Waals surface area (Å²) in [5, 5.41) is 0. The van der Waals surface area contributed by atoms with Gasteiger partial charge < -0.3 is 0 Å². The van der Waals surface area contributed by atoms with Crippen LogP contribution >= 0.6 is 0 Å². The van der Waals surface area contributed by atoms with Crippen LogP contribution in [0.3, 0.4) is 0 Å². The van der Waals surface area contributed by atoms with Gasteiger partial charge in [-0.15, -0.1) is 0 Å². The molecule has 0 bridgehead atoms. The molecule has 0 radical (unpaired) electrons. The molecule has 0 atom stereocenters. The summed E-state index contributed by atoms with van der Waals surface area (Å²) in [7, 11) is 0. The Labute approximate surface area is 249 Å². The first-order valence-electron chi connectivity index (χ1n) is 17.8. The van der Waals surface area contributed by atoms with Crippen molar-refractivity contribution >= 4 is 11.9 Å². The molecule has 0 aromatic rings. The first-order chi connectivity index (χ1) is 19.7. The van der Waals surface area contributed by atoms with E-state index in [9.17, 15) is 9.59 Å². The van der Waals surface area contributed by atoms with E-state index >= 15 is 0 Å². The topological polar surface area (TPSA) is 52.6 Å². The Morgan fingerprint density at radius 2 is 0.625 bits per heavy atom. The number of carbonyl (C=O) groups excluding carboxylic acids is 2. The van der Waals surface area contributed by atoms with Crippen molar-refractivity contribution in [2.75, 3.05) is 0 Å². The van der Waals surface area contributed by atoms with Crippen molar-refractivity contribution in [3.8, 4) is 0 Å². The highest BCUT2D eigenvalue weighted by atomic mass is 17.2. The fourth-order valence-electron chi connectivity index (χ4n) is 5.16. The number of hydrogen-bond donors (Lipinski definition) is 0. The second-order valence-electron chi connectivity index (χ2n) is 11.9. The minimum absolute atomic E-state index is 0.324. The molecule has 0 N–H and O–H groups in total. The molecule has 4 nitrogen and oxygen atoms in total. The maximum absolute atomic E-state index is 11.8. The van der Waals surface area contributed by atoms with Gasteiger partial charge in [-0.3, -0.25) is 0 Å². The summed E-state index contributed by atoms with van der Waals surface area (Å²) < 4.78 is 0. The molecule has 40 heavy (non-hydrogen) atoms. The highest BCUT2D eigenvalue weighted by Crippen LogP contribution is 2.14. The van der Waals surface area contributed by atoms with Gasteiger partial charge in [0, 0.05) is 0 Å². The predicted octanol–water partition coefficient (Wildman–Crippen LogP) is 12.3. The average Bonchev–Trinajstić information content (AvgIpc) is 2.96. The molecule has 0 heterocycles. The maximum Gasteiger partial charge on any atom is 0.355 e. The normalized spacial score (nSPS) is 11.3. The largest absolute Gasteiger partial charge is 0.355 e. The number of rotatable bonds is 31. The lowest BCUT2D eigenvalue weighted by Crippen LogP contribution is -2.11. The van der Waals surface area contributed by atoms with Crippen molar-refractivity contribution in [3.05, 3.63) is 12.2 Å². The Bertz CT molecular complexity index is 557. The fraction of sp³-hybridized carbons (Fsp3) is 0.889. The summed E-state index contributed by atoms with van der Waals surface area (Å²) in [6, 6.07) is 0. The van der Waals surface area contributed by atoms with Crippen LogP contribution in [0.1, 0.15) is 206 Å². The number of unbranched alkanes of at least 4 members (excludes halogenated alkanes) is 25. The van der Waals surface area contributed by atoms with Gasteiger partial charge in [-0.05, 0) is 38.5 Å². The van der Waals surface area contributed by atoms with E-state index in [1.54, 1.807) is 0 Å². The minimum atomic E-state index is -0.428. The van der Waals surface area contributed by atoms with Crippen LogP contribution in [0.4, 0.5) is 0 Å². The Balaban J connectivity index is 3.31. The van der Waals surface area contributed by atoms with Gasteiger partial charge in [-0.2, -0.15) is 0 Å².